The summed E-state index contributed by atoms with van der Waals surface area (Å²) in [4.78, 5) is 16.8. The fourth-order valence-electron chi connectivity index (χ4n) is 2.76. The van der Waals surface area contributed by atoms with Gasteiger partial charge in [0.05, 0.1) is 18.7 Å². The first-order valence-corrected chi connectivity index (χ1v) is 9.20. The third-order valence-electron chi connectivity index (χ3n) is 4.27. The Balaban J connectivity index is 1.40. The molecule has 0 atom stereocenters. The van der Waals surface area contributed by atoms with Gasteiger partial charge in [0.15, 0.2) is 11.6 Å². The number of H-pyrrole nitrogens is 1. The first-order valence-electron chi connectivity index (χ1n) is 8.82. The van der Waals surface area contributed by atoms with Crippen LogP contribution in [0.25, 0.3) is 22.7 Å². The zero-order valence-corrected chi connectivity index (χ0v) is 16.2. The number of furan rings is 1. The molecule has 0 saturated carbocycles. The topological polar surface area (TPSA) is 93.0 Å². The zero-order chi connectivity index (χ0) is 20.2. The van der Waals surface area contributed by atoms with E-state index in [4.69, 9.17) is 20.8 Å². The predicted octanol–water partition coefficient (Wildman–Crippen LogP) is 4.32. The van der Waals surface area contributed by atoms with E-state index in [0.717, 1.165) is 16.9 Å². The first-order chi connectivity index (χ1) is 14.1. The molecular weight excluding hydrogens is 392 g/mol. The lowest BCUT2D eigenvalue weighted by Gasteiger charge is -2.01. The number of nitrogens with zero attached hydrogens (tertiary/aromatic N) is 2. The minimum atomic E-state index is -0.356. The molecule has 2 N–H and O–H groups in total. The molecule has 0 aliphatic heterocycles. The van der Waals surface area contributed by atoms with Gasteiger partial charge < -0.3 is 14.5 Å². The van der Waals surface area contributed by atoms with Crippen molar-refractivity contribution in [2.75, 3.05) is 7.11 Å². The van der Waals surface area contributed by atoms with Crippen LogP contribution in [0.15, 0.2) is 65.1 Å². The minimum Gasteiger partial charge on any atom is -0.497 e. The molecule has 0 aliphatic carbocycles. The van der Waals surface area contributed by atoms with Crippen molar-refractivity contribution in [1.82, 2.24) is 20.5 Å². The molecule has 146 valence electrons. The highest BCUT2D eigenvalue weighted by atomic mass is 35.5. The molecular formula is C21H17ClN4O3. The molecule has 0 radical (unpaired) electrons. The lowest BCUT2D eigenvalue weighted by molar-refractivity contribution is 0.0923. The number of rotatable bonds is 6. The number of hydrogen-bond acceptors (Lipinski definition) is 5. The zero-order valence-electron chi connectivity index (χ0n) is 15.5. The molecule has 7 nitrogen and oxygen atoms in total. The standard InChI is InChI=1S/C21H17ClN4O3/c1-28-14-8-6-13(7-9-14)20-24-19(25-26-20)12-23-21(27)18-11-10-17(29-18)15-4-2-3-5-16(15)22/h2-11H,12H2,1H3,(H,23,27)(H,24,25,26). The van der Waals surface area contributed by atoms with Crippen LogP contribution in [0.2, 0.25) is 5.02 Å². The summed E-state index contributed by atoms with van der Waals surface area (Å²) < 4.78 is 10.8. The first kappa shape index (κ1) is 18.8. The minimum absolute atomic E-state index is 0.185. The summed E-state index contributed by atoms with van der Waals surface area (Å²) in [6.45, 7) is 0.185. The molecule has 4 rings (SSSR count). The third kappa shape index (κ3) is 4.14. The number of ether oxygens (including phenoxy) is 1. The molecule has 2 aromatic carbocycles. The van der Waals surface area contributed by atoms with Gasteiger partial charge in [0, 0.05) is 11.1 Å². The Morgan fingerprint density at radius 3 is 2.69 bits per heavy atom. The summed E-state index contributed by atoms with van der Waals surface area (Å²) in [7, 11) is 1.61. The van der Waals surface area contributed by atoms with Crippen molar-refractivity contribution in [3.05, 3.63) is 77.3 Å². The number of carbonyl (C=O) groups is 1. The maximum Gasteiger partial charge on any atom is 0.287 e. The molecule has 2 aromatic heterocycles. The highest BCUT2D eigenvalue weighted by molar-refractivity contribution is 6.33. The van der Waals surface area contributed by atoms with Crippen molar-refractivity contribution >= 4 is 17.5 Å². The number of aromatic amines is 1. The Morgan fingerprint density at radius 2 is 1.93 bits per heavy atom. The molecule has 4 aromatic rings. The van der Waals surface area contributed by atoms with Crippen LogP contribution < -0.4 is 10.1 Å². The third-order valence-corrected chi connectivity index (χ3v) is 4.60. The van der Waals surface area contributed by atoms with Crippen LogP contribution in [-0.2, 0) is 6.54 Å². The fraction of sp³-hybridized carbons (Fsp3) is 0.0952. The van der Waals surface area contributed by atoms with Crippen LogP contribution in [0.1, 0.15) is 16.4 Å². The van der Waals surface area contributed by atoms with Gasteiger partial charge in [-0.05, 0) is 48.5 Å². The van der Waals surface area contributed by atoms with E-state index in [1.807, 2.05) is 42.5 Å². The normalized spacial score (nSPS) is 10.7. The van der Waals surface area contributed by atoms with Crippen molar-refractivity contribution in [3.8, 4) is 28.5 Å². The average molecular weight is 409 g/mol. The number of nitrogens with one attached hydrogen (secondary N) is 2. The summed E-state index contributed by atoms with van der Waals surface area (Å²) in [5, 5.41) is 10.3. The number of benzene rings is 2. The Morgan fingerprint density at radius 1 is 1.14 bits per heavy atom. The van der Waals surface area contributed by atoms with Crippen molar-refractivity contribution < 1.29 is 13.9 Å². The van der Waals surface area contributed by atoms with Gasteiger partial charge in [-0.1, -0.05) is 23.7 Å². The maximum absolute atomic E-state index is 12.4. The molecule has 2 heterocycles. The second kappa shape index (κ2) is 8.20. The smallest absolute Gasteiger partial charge is 0.287 e. The van der Waals surface area contributed by atoms with E-state index in [9.17, 15) is 4.79 Å². The van der Waals surface area contributed by atoms with E-state index in [0.29, 0.717) is 22.4 Å². The second-order valence-electron chi connectivity index (χ2n) is 6.16. The number of amides is 1. The van der Waals surface area contributed by atoms with Crippen LogP contribution in [0.4, 0.5) is 0 Å². The van der Waals surface area contributed by atoms with E-state index < -0.39 is 0 Å². The van der Waals surface area contributed by atoms with Gasteiger partial charge in [-0.15, -0.1) is 0 Å². The Labute approximate surface area is 171 Å². The van der Waals surface area contributed by atoms with Crippen LogP contribution in [0.5, 0.6) is 5.75 Å². The highest BCUT2D eigenvalue weighted by Gasteiger charge is 2.14. The molecule has 0 fully saturated rings. The number of aromatic nitrogens is 3. The molecule has 0 unspecified atom stereocenters. The summed E-state index contributed by atoms with van der Waals surface area (Å²) in [5.74, 6) is 2.19. The summed E-state index contributed by atoms with van der Waals surface area (Å²) in [5.41, 5.74) is 1.57. The average Bonchev–Trinajstić information content (AvgIpc) is 3.42. The van der Waals surface area contributed by atoms with E-state index in [2.05, 4.69) is 20.5 Å². The van der Waals surface area contributed by atoms with Gasteiger partial charge in [0.1, 0.15) is 17.3 Å². The lowest BCUT2D eigenvalue weighted by atomic mass is 10.2. The van der Waals surface area contributed by atoms with Gasteiger partial charge in [0.2, 0.25) is 0 Å². The van der Waals surface area contributed by atoms with Crippen molar-refractivity contribution in [3.63, 3.8) is 0 Å². The highest BCUT2D eigenvalue weighted by Crippen LogP contribution is 2.29. The van der Waals surface area contributed by atoms with Gasteiger partial charge >= 0.3 is 0 Å². The van der Waals surface area contributed by atoms with Gasteiger partial charge in [0.25, 0.3) is 5.91 Å². The van der Waals surface area contributed by atoms with E-state index in [1.54, 1.807) is 25.3 Å². The number of carbonyl (C=O) groups excluding carboxylic acids is 1. The Bertz CT molecular complexity index is 1130. The second-order valence-corrected chi connectivity index (χ2v) is 6.57. The van der Waals surface area contributed by atoms with Gasteiger partial charge in [-0.25, -0.2) is 4.98 Å². The molecule has 0 spiro atoms. The fourth-order valence-corrected chi connectivity index (χ4v) is 2.99. The van der Waals surface area contributed by atoms with Gasteiger partial charge in [-0.3, -0.25) is 9.89 Å². The maximum atomic E-state index is 12.4. The van der Waals surface area contributed by atoms with Crippen LogP contribution >= 0.6 is 11.6 Å². The van der Waals surface area contributed by atoms with Crippen molar-refractivity contribution in [2.24, 2.45) is 0 Å². The van der Waals surface area contributed by atoms with Crippen molar-refractivity contribution in [1.29, 1.82) is 0 Å². The molecule has 0 bridgehead atoms. The predicted molar refractivity (Wildman–Crippen MR) is 109 cm³/mol. The Kier molecular flexibility index (Phi) is 5.31. The van der Waals surface area contributed by atoms with E-state index in [-0.39, 0.29) is 18.2 Å². The molecule has 0 aliphatic rings. The summed E-state index contributed by atoms with van der Waals surface area (Å²) >= 11 is 6.17. The van der Waals surface area contributed by atoms with Crippen molar-refractivity contribution in [2.45, 2.75) is 6.54 Å². The molecule has 29 heavy (non-hydrogen) atoms. The van der Waals surface area contributed by atoms with Crippen LogP contribution in [0.3, 0.4) is 0 Å². The monoisotopic (exact) mass is 408 g/mol. The molecule has 1 amide bonds. The quantitative estimate of drug-likeness (QED) is 0.495. The number of hydrogen-bond donors (Lipinski definition) is 2. The Hall–Kier alpha value is -3.58. The van der Waals surface area contributed by atoms with E-state index in [1.165, 1.54) is 0 Å². The number of methoxy groups -OCH3 is 1. The SMILES string of the molecule is COc1ccc(-c2n[nH]c(CNC(=O)c3ccc(-c4ccccc4Cl)o3)n2)cc1. The number of halogens is 1. The van der Waals surface area contributed by atoms with E-state index >= 15 is 0 Å². The summed E-state index contributed by atoms with van der Waals surface area (Å²) in [6, 6.07) is 18.0. The summed E-state index contributed by atoms with van der Waals surface area (Å²) in [6.07, 6.45) is 0. The lowest BCUT2D eigenvalue weighted by Crippen LogP contribution is -2.22. The molecule has 0 saturated heterocycles. The van der Waals surface area contributed by atoms with Crippen LogP contribution in [-0.4, -0.2) is 28.2 Å². The largest absolute Gasteiger partial charge is 0.497 e. The van der Waals surface area contributed by atoms with Crippen LogP contribution in [0, 0.1) is 0 Å². The molecule has 8 heteroatoms. The van der Waals surface area contributed by atoms with Gasteiger partial charge in [-0.2, -0.15) is 5.10 Å².